The Morgan fingerprint density at radius 2 is 1.76 bits per heavy atom. The topological polar surface area (TPSA) is 26.3 Å². The fraction of sp³-hybridized carbons (Fsp3) is 0.0500. The molecule has 0 bridgehead atoms. The molecule has 0 saturated carbocycles. The van der Waals surface area contributed by atoms with Gasteiger partial charge in [0.15, 0.2) is 6.29 Å². The zero-order chi connectivity index (χ0) is 17.8. The molecule has 0 radical (unpaired) electrons. The fourth-order valence-electron chi connectivity index (χ4n) is 2.50. The summed E-state index contributed by atoms with van der Waals surface area (Å²) in [5, 5.41) is 0.714. The molecule has 0 aliphatic carbocycles. The molecule has 0 N–H and O–H groups in total. The highest BCUT2D eigenvalue weighted by Crippen LogP contribution is 2.40. The Balaban J connectivity index is 2.09. The quantitative estimate of drug-likeness (QED) is 0.497. The predicted molar refractivity (Wildman–Crippen MR) is 98.0 cm³/mol. The van der Waals surface area contributed by atoms with Crippen LogP contribution in [-0.2, 0) is 6.61 Å². The van der Waals surface area contributed by atoms with Crippen molar-refractivity contribution in [3.63, 3.8) is 0 Å². The molecule has 0 aromatic heterocycles. The van der Waals surface area contributed by atoms with Crippen molar-refractivity contribution in [1.29, 1.82) is 0 Å². The molecule has 0 atom stereocenters. The largest absolute Gasteiger partial charge is 0.487 e. The Kier molecular flexibility index (Phi) is 5.37. The Labute approximate surface area is 154 Å². The van der Waals surface area contributed by atoms with E-state index < -0.39 is 5.82 Å². The Morgan fingerprint density at radius 3 is 2.44 bits per heavy atom. The van der Waals surface area contributed by atoms with Crippen LogP contribution in [0.4, 0.5) is 4.39 Å². The monoisotopic (exact) mass is 374 g/mol. The van der Waals surface area contributed by atoms with Crippen LogP contribution in [0.1, 0.15) is 15.9 Å². The molecule has 0 aliphatic heterocycles. The molecule has 3 aromatic rings. The normalized spacial score (nSPS) is 10.5. The lowest BCUT2D eigenvalue weighted by molar-refractivity contribution is 0.111. The summed E-state index contributed by atoms with van der Waals surface area (Å²) < 4.78 is 20.4. The summed E-state index contributed by atoms with van der Waals surface area (Å²) in [6.07, 6.45) is 0.632. The van der Waals surface area contributed by atoms with E-state index in [1.807, 2.05) is 30.3 Å². The average Bonchev–Trinajstić information content (AvgIpc) is 2.62. The minimum atomic E-state index is -0.530. The van der Waals surface area contributed by atoms with E-state index in [9.17, 15) is 9.18 Å². The van der Waals surface area contributed by atoms with Crippen LogP contribution in [-0.4, -0.2) is 6.29 Å². The van der Waals surface area contributed by atoms with Gasteiger partial charge in [0, 0.05) is 10.6 Å². The molecule has 5 heteroatoms. The van der Waals surface area contributed by atoms with E-state index in [0.29, 0.717) is 16.9 Å². The van der Waals surface area contributed by atoms with Gasteiger partial charge in [-0.25, -0.2) is 4.39 Å². The predicted octanol–water partition coefficient (Wildman–Crippen LogP) is 6.19. The van der Waals surface area contributed by atoms with Gasteiger partial charge in [-0.2, -0.15) is 0 Å². The highest BCUT2D eigenvalue weighted by Gasteiger charge is 2.19. The van der Waals surface area contributed by atoms with Crippen LogP contribution in [0.5, 0.6) is 5.75 Å². The third kappa shape index (κ3) is 3.84. The zero-order valence-electron chi connectivity index (χ0n) is 13.0. The molecular formula is C20H13Cl2FO2. The Hall–Kier alpha value is -2.36. The van der Waals surface area contributed by atoms with Crippen LogP contribution in [0.2, 0.25) is 10.0 Å². The first-order chi connectivity index (χ1) is 12.1. The van der Waals surface area contributed by atoms with Crippen molar-refractivity contribution in [1.82, 2.24) is 0 Å². The highest BCUT2D eigenvalue weighted by molar-refractivity contribution is 6.36. The van der Waals surface area contributed by atoms with Crippen LogP contribution in [0.15, 0.2) is 60.7 Å². The van der Waals surface area contributed by atoms with Crippen molar-refractivity contribution in [3.8, 4) is 16.9 Å². The van der Waals surface area contributed by atoms with Gasteiger partial charge in [0.25, 0.3) is 0 Å². The first kappa shape index (κ1) is 17.5. The van der Waals surface area contributed by atoms with Gasteiger partial charge in [-0.05, 0) is 29.8 Å². The number of hydrogen-bond acceptors (Lipinski definition) is 2. The fourth-order valence-corrected chi connectivity index (χ4v) is 3.00. The second-order valence-corrected chi connectivity index (χ2v) is 6.20. The first-order valence-corrected chi connectivity index (χ1v) is 8.25. The van der Waals surface area contributed by atoms with E-state index in [4.69, 9.17) is 27.9 Å². The summed E-state index contributed by atoms with van der Waals surface area (Å²) in [6.45, 7) is 0.198. The third-order valence-corrected chi connectivity index (χ3v) is 4.24. The molecule has 126 valence electrons. The maximum absolute atomic E-state index is 14.6. The molecule has 0 heterocycles. The summed E-state index contributed by atoms with van der Waals surface area (Å²) in [5.74, 6) is -0.374. The summed E-state index contributed by atoms with van der Waals surface area (Å²) in [7, 11) is 0. The molecule has 0 unspecified atom stereocenters. The lowest BCUT2D eigenvalue weighted by Gasteiger charge is -2.16. The number of hydrogen-bond donors (Lipinski definition) is 0. The molecule has 0 fully saturated rings. The summed E-state index contributed by atoms with van der Waals surface area (Å²) in [6, 6.07) is 16.8. The van der Waals surface area contributed by atoms with Crippen LogP contribution >= 0.6 is 23.2 Å². The third-order valence-electron chi connectivity index (χ3n) is 3.69. The van der Waals surface area contributed by atoms with Crippen molar-refractivity contribution in [3.05, 3.63) is 87.7 Å². The second kappa shape index (κ2) is 7.68. The van der Waals surface area contributed by atoms with Crippen molar-refractivity contribution < 1.29 is 13.9 Å². The van der Waals surface area contributed by atoms with Gasteiger partial charge in [-0.1, -0.05) is 59.6 Å². The lowest BCUT2D eigenvalue weighted by Crippen LogP contribution is -2.02. The molecule has 3 rings (SSSR count). The van der Waals surface area contributed by atoms with Gasteiger partial charge in [0.1, 0.15) is 18.2 Å². The van der Waals surface area contributed by atoms with Crippen molar-refractivity contribution in [2.75, 3.05) is 0 Å². The standard InChI is InChI=1S/C20H13Cl2FO2/c21-15-7-8-16(17(22)10-15)19-18(23)9-6-14(11-24)20(19)25-12-13-4-2-1-3-5-13/h1-11H,12H2. The molecule has 3 aromatic carbocycles. The van der Waals surface area contributed by atoms with Gasteiger partial charge in [-0.3, -0.25) is 4.79 Å². The molecule has 25 heavy (non-hydrogen) atoms. The van der Waals surface area contributed by atoms with Crippen molar-refractivity contribution >= 4 is 29.5 Å². The van der Waals surface area contributed by atoms with Crippen LogP contribution in [0, 0.1) is 5.82 Å². The van der Waals surface area contributed by atoms with Gasteiger partial charge in [0.05, 0.1) is 16.1 Å². The van der Waals surface area contributed by atoms with E-state index in [1.165, 1.54) is 18.2 Å². The minimum Gasteiger partial charge on any atom is -0.487 e. The number of halogens is 3. The van der Waals surface area contributed by atoms with Gasteiger partial charge in [-0.15, -0.1) is 0 Å². The van der Waals surface area contributed by atoms with Gasteiger partial charge in [0.2, 0.25) is 0 Å². The highest BCUT2D eigenvalue weighted by atomic mass is 35.5. The Morgan fingerprint density at radius 1 is 1.00 bits per heavy atom. The van der Waals surface area contributed by atoms with E-state index in [-0.39, 0.29) is 28.5 Å². The smallest absolute Gasteiger partial charge is 0.153 e. The number of carbonyl (C=O) groups excluding carboxylic acids is 1. The van der Waals surface area contributed by atoms with E-state index in [1.54, 1.807) is 12.1 Å². The second-order valence-electron chi connectivity index (χ2n) is 5.36. The molecular weight excluding hydrogens is 362 g/mol. The molecule has 0 spiro atoms. The van der Waals surface area contributed by atoms with E-state index in [0.717, 1.165) is 5.56 Å². The van der Waals surface area contributed by atoms with Crippen LogP contribution in [0.25, 0.3) is 11.1 Å². The van der Waals surface area contributed by atoms with Crippen molar-refractivity contribution in [2.24, 2.45) is 0 Å². The molecule has 0 aliphatic rings. The minimum absolute atomic E-state index is 0.141. The lowest BCUT2D eigenvalue weighted by atomic mass is 10.0. The maximum atomic E-state index is 14.6. The van der Waals surface area contributed by atoms with E-state index >= 15 is 0 Å². The zero-order valence-corrected chi connectivity index (χ0v) is 14.5. The maximum Gasteiger partial charge on any atom is 0.153 e. The number of ether oxygens (including phenoxy) is 1. The molecule has 2 nitrogen and oxygen atoms in total. The summed E-state index contributed by atoms with van der Waals surface area (Å²) >= 11 is 12.1. The average molecular weight is 375 g/mol. The van der Waals surface area contributed by atoms with Gasteiger partial charge >= 0.3 is 0 Å². The first-order valence-electron chi connectivity index (χ1n) is 7.50. The number of aldehydes is 1. The number of carbonyl (C=O) groups is 1. The van der Waals surface area contributed by atoms with Crippen LogP contribution in [0.3, 0.4) is 0 Å². The summed E-state index contributed by atoms with van der Waals surface area (Å²) in [5.41, 5.74) is 1.70. The number of benzene rings is 3. The Bertz CT molecular complexity index is 911. The SMILES string of the molecule is O=Cc1ccc(F)c(-c2ccc(Cl)cc2Cl)c1OCc1ccccc1. The van der Waals surface area contributed by atoms with Gasteiger partial charge < -0.3 is 4.74 Å². The molecule has 0 saturated heterocycles. The van der Waals surface area contributed by atoms with E-state index in [2.05, 4.69) is 0 Å². The van der Waals surface area contributed by atoms with Crippen molar-refractivity contribution in [2.45, 2.75) is 6.61 Å². The van der Waals surface area contributed by atoms with Crippen LogP contribution < -0.4 is 4.74 Å². The number of rotatable bonds is 5. The summed E-state index contributed by atoms with van der Waals surface area (Å²) in [4.78, 5) is 11.4. The molecule has 0 amide bonds.